The fourth-order valence-electron chi connectivity index (χ4n) is 2.30. The summed E-state index contributed by atoms with van der Waals surface area (Å²) < 4.78 is 5.48. The molecule has 2 rings (SSSR count). The van der Waals surface area contributed by atoms with Gasteiger partial charge in [0, 0.05) is 6.04 Å². The minimum Gasteiger partial charge on any atom is -0.478 e. The van der Waals surface area contributed by atoms with Crippen LogP contribution in [0.5, 0.6) is 5.88 Å². The largest absolute Gasteiger partial charge is 0.478 e. The first-order chi connectivity index (χ1) is 8.31. The maximum absolute atomic E-state index is 5.48. The standard InChI is InChI=1S/C13H21N3O/c1-3-17-13-10(2)12(14-9-15-13)16-11-7-5-4-6-8-11/h9,11H,3-8H2,1-2H3,(H,14,15,16). The van der Waals surface area contributed by atoms with E-state index in [0.29, 0.717) is 18.5 Å². The van der Waals surface area contributed by atoms with Crippen molar-refractivity contribution in [1.82, 2.24) is 9.97 Å². The van der Waals surface area contributed by atoms with Crippen LogP contribution in [0.4, 0.5) is 5.82 Å². The zero-order chi connectivity index (χ0) is 12.1. The van der Waals surface area contributed by atoms with Crippen LogP contribution in [0.25, 0.3) is 0 Å². The van der Waals surface area contributed by atoms with Crippen LogP contribution in [-0.2, 0) is 0 Å². The lowest BCUT2D eigenvalue weighted by molar-refractivity contribution is 0.323. The second-order valence-electron chi connectivity index (χ2n) is 4.56. The van der Waals surface area contributed by atoms with Crippen LogP contribution in [0, 0.1) is 6.92 Å². The van der Waals surface area contributed by atoms with Gasteiger partial charge in [0.1, 0.15) is 12.1 Å². The normalized spacial score (nSPS) is 16.8. The van der Waals surface area contributed by atoms with Crippen molar-refractivity contribution in [3.8, 4) is 5.88 Å². The summed E-state index contributed by atoms with van der Waals surface area (Å²) in [6, 6.07) is 0.562. The second-order valence-corrected chi connectivity index (χ2v) is 4.56. The molecule has 1 fully saturated rings. The maximum atomic E-state index is 5.48. The average Bonchev–Trinajstić information content (AvgIpc) is 2.36. The van der Waals surface area contributed by atoms with E-state index in [9.17, 15) is 0 Å². The molecule has 1 aliphatic carbocycles. The molecule has 0 atom stereocenters. The van der Waals surface area contributed by atoms with Crippen LogP contribution in [0.15, 0.2) is 6.33 Å². The van der Waals surface area contributed by atoms with E-state index >= 15 is 0 Å². The van der Waals surface area contributed by atoms with Gasteiger partial charge in [-0.05, 0) is 26.7 Å². The number of hydrogen-bond donors (Lipinski definition) is 1. The van der Waals surface area contributed by atoms with Gasteiger partial charge in [-0.1, -0.05) is 19.3 Å². The Kier molecular flexibility index (Phi) is 4.18. The molecular weight excluding hydrogens is 214 g/mol. The first-order valence-corrected chi connectivity index (χ1v) is 6.52. The van der Waals surface area contributed by atoms with Crippen LogP contribution < -0.4 is 10.1 Å². The first kappa shape index (κ1) is 12.1. The number of ether oxygens (including phenoxy) is 1. The van der Waals surface area contributed by atoms with Crippen molar-refractivity contribution in [2.45, 2.75) is 52.0 Å². The van der Waals surface area contributed by atoms with Crippen molar-refractivity contribution in [2.24, 2.45) is 0 Å². The molecule has 0 bridgehead atoms. The van der Waals surface area contributed by atoms with E-state index in [4.69, 9.17) is 4.74 Å². The number of aromatic nitrogens is 2. The molecule has 1 aromatic heterocycles. The molecule has 0 saturated heterocycles. The van der Waals surface area contributed by atoms with Gasteiger partial charge in [-0.2, -0.15) is 0 Å². The lowest BCUT2D eigenvalue weighted by Crippen LogP contribution is -2.23. The smallest absolute Gasteiger partial charge is 0.221 e. The highest BCUT2D eigenvalue weighted by molar-refractivity contribution is 5.48. The molecule has 1 heterocycles. The highest BCUT2D eigenvalue weighted by Crippen LogP contribution is 2.25. The topological polar surface area (TPSA) is 47.0 Å². The van der Waals surface area contributed by atoms with E-state index in [1.807, 2.05) is 13.8 Å². The van der Waals surface area contributed by atoms with E-state index in [2.05, 4.69) is 15.3 Å². The highest BCUT2D eigenvalue weighted by Gasteiger charge is 2.15. The summed E-state index contributed by atoms with van der Waals surface area (Å²) >= 11 is 0. The Bertz CT molecular complexity index is 362. The number of rotatable bonds is 4. The molecule has 4 nitrogen and oxygen atoms in total. The van der Waals surface area contributed by atoms with Gasteiger partial charge in [0.25, 0.3) is 0 Å². The van der Waals surface area contributed by atoms with E-state index in [1.165, 1.54) is 32.1 Å². The second kappa shape index (κ2) is 5.84. The summed E-state index contributed by atoms with van der Waals surface area (Å²) in [6.45, 7) is 4.62. The molecule has 1 N–H and O–H groups in total. The lowest BCUT2D eigenvalue weighted by atomic mass is 9.95. The lowest BCUT2D eigenvalue weighted by Gasteiger charge is -2.24. The molecule has 1 aliphatic rings. The molecule has 0 aromatic carbocycles. The highest BCUT2D eigenvalue weighted by atomic mass is 16.5. The van der Waals surface area contributed by atoms with Gasteiger partial charge in [-0.3, -0.25) is 0 Å². The van der Waals surface area contributed by atoms with Crippen molar-refractivity contribution >= 4 is 5.82 Å². The molecule has 94 valence electrons. The molecule has 17 heavy (non-hydrogen) atoms. The van der Waals surface area contributed by atoms with E-state index in [0.717, 1.165) is 11.4 Å². The van der Waals surface area contributed by atoms with Gasteiger partial charge in [0.05, 0.1) is 12.2 Å². The van der Waals surface area contributed by atoms with Crippen molar-refractivity contribution in [3.05, 3.63) is 11.9 Å². The molecule has 0 amide bonds. The summed E-state index contributed by atoms with van der Waals surface area (Å²) in [4.78, 5) is 8.46. The zero-order valence-corrected chi connectivity index (χ0v) is 10.7. The Labute approximate surface area is 103 Å². The Morgan fingerprint density at radius 1 is 1.29 bits per heavy atom. The molecular formula is C13H21N3O. The third-order valence-electron chi connectivity index (χ3n) is 3.26. The molecule has 1 aromatic rings. The Balaban J connectivity index is 2.06. The third-order valence-corrected chi connectivity index (χ3v) is 3.26. The van der Waals surface area contributed by atoms with Crippen LogP contribution in [0.2, 0.25) is 0 Å². The summed E-state index contributed by atoms with van der Waals surface area (Å²) in [6.07, 6.45) is 8.06. The number of nitrogens with zero attached hydrogens (tertiary/aromatic N) is 2. The Morgan fingerprint density at radius 3 is 2.76 bits per heavy atom. The molecule has 0 aliphatic heterocycles. The third kappa shape index (κ3) is 3.08. The Morgan fingerprint density at radius 2 is 2.06 bits per heavy atom. The van der Waals surface area contributed by atoms with Crippen LogP contribution in [0.3, 0.4) is 0 Å². The molecule has 0 unspecified atom stereocenters. The van der Waals surface area contributed by atoms with Crippen molar-refractivity contribution < 1.29 is 4.74 Å². The number of nitrogens with one attached hydrogen (secondary N) is 1. The maximum Gasteiger partial charge on any atom is 0.221 e. The van der Waals surface area contributed by atoms with Gasteiger partial charge in [-0.15, -0.1) is 0 Å². The molecule has 0 spiro atoms. The molecule has 1 saturated carbocycles. The van der Waals surface area contributed by atoms with E-state index < -0.39 is 0 Å². The predicted molar refractivity (Wildman–Crippen MR) is 68.4 cm³/mol. The minimum atomic E-state index is 0.562. The average molecular weight is 235 g/mol. The van der Waals surface area contributed by atoms with E-state index in [1.54, 1.807) is 6.33 Å². The number of anilines is 1. The number of hydrogen-bond acceptors (Lipinski definition) is 4. The van der Waals surface area contributed by atoms with E-state index in [-0.39, 0.29) is 0 Å². The summed E-state index contributed by atoms with van der Waals surface area (Å²) in [7, 11) is 0. The van der Waals surface area contributed by atoms with Gasteiger partial charge < -0.3 is 10.1 Å². The quantitative estimate of drug-likeness (QED) is 0.871. The monoisotopic (exact) mass is 235 g/mol. The van der Waals surface area contributed by atoms with Crippen molar-refractivity contribution in [2.75, 3.05) is 11.9 Å². The van der Waals surface area contributed by atoms with Crippen LogP contribution in [0.1, 0.15) is 44.6 Å². The zero-order valence-electron chi connectivity index (χ0n) is 10.7. The van der Waals surface area contributed by atoms with Gasteiger partial charge in [0.2, 0.25) is 5.88 Å². The van der Waals surface area contributed by atoms with Crippen molar-refractivity contribution in [3.63, 3.8) is 0 Å². The summed E-state index contributed by atoms with van der Waals surface area (Å²) in [5, 5.41) is 3.52. The van der Waals surface area contributed by atoms with Crippen LogP contribution >= 0.6 is 0 Å². The fourth-order valence-corrected chi connectivity index (χ4v) is 2.30. The molecule has 4 heteroatoms. The fraction of sp³-hybridized carbons (Fsp3) is 0.692. The van der Waals surface area contributed by atoms with Crippen LogP contribution in [-0.4, -0.2) is 22.6 Å². The van der Waals surface area contributed by atoms with Gasteiger partial charge >= 0.3 is 0 Å². The summed E-state index contributed by atoms with van der Waals surface area (Å²) in [5.41, 5.74) is 1.01. The first-order valence-electron chi connectivity index (χ1n) is 6.52. The summed E-state index contributed by atoms with van der Waals surface area (Å²) in [5.74, 6) is 1.62. The predicted octanol–water partition coefficient (Wildman–Crippen LogP) is 2.93. The van der Waals surface area contributed by atoms with Crippen molar-refractivity contribution in [1.29, 1.82) is 0 Å². The SMILES string of the molecule is CCOc1ncnc(NC2CCCCC2)c1C. The minimum absolute atomic E-state index is 0.562. The van der Waals surface area contributed by atoms with Gasteiger partial charge in [0.15, 0.2) is 0 Å². The Hall–Kier alpha value is -1.32. The van der Waals surface area contributed by atoms with Gasteiger partial charge in [-0.25, -0.2) is 9.97 Å². The molecule has 0 radical (unpaired) electrons.